The van der Waals surface area contributed by atoms with E-state index < -0.39 is 5.97 Å². The molecule has 0 unspecified atom stereocenters. The molecule has 0 saturated heterocycles. The van der Waals surface area contributed by atoms with E-state index in [0.29, 0.717) is 27.1 Å². The average molecular weight is 448 g/mol. The van der Waals surface area contributed by atoms with Crippen LogP contribution in [0.2, 0.25) is 0 Å². The van der Waals surface area contributed by atoms with E-state index in [-0.39, 0.29) is 11.3 Å². The highest BCUT2D eigenvalue weighted by atomic mass is 32.2. The number of thioether (sulfide) groups is 1. The van der Waals surface area contributed by atoms with E-state index in [0.717, 1.165) is 16.3 Å². The van der Waals surface area contributed by atoms with Crippen molar-refractivity contribution in [2.24, 2.45) is 4.99 Å². The summed E-state index contributed by atoms with van der Waals surface area (Å²) >= 11 is 1.20. The molecule has 4 rings (SSSR count). The van der Waals surface area contributed by atoms with Gasteiger partial charge in [0.05, 0.1) is 31.9 Å². The molecule has 0 bridgehead atoms. The molecule has 1 N–H and O–H groups in total. The van der Waals surface area contributed by atoms with E-state index in [4.69, 9.17) is 19.2 Å². The lowest BCUT2D eigenvalue weighted by Gasteiger charge is -2.08. The second-order valence-corrected chi connectivity index (χ2v) is 7.88. The molecule has 0 saturated carbocycles. The van der Waals surface area contributed by atoms with Crippen LogP contribution in [0, 0.1) is 0 Å². The molecule has 3 aromatic rings. The maximum atomic E-state index is 12.5. The number of carbonyl (C=O) groups excluding carboxylic acids is 1. The number of aliphatic hydroxyl groups is 1. The third-order valence-electron chi connectivity index (χ3n) is 5.00. The second-order valence-electron chi connectivity index (χ2n) is 6.85. The van der Waals surface area contributed by atoms with E-state index in [2.05, 4.69) is 0 Å². The zero-order valence-electron chi connectivity index (χ0n) is 17.8. The third kappa shape index (κ3) is 4.07. The van der Waals surface area contributed by atoms with Crippen molar-refractivity contribution in [3.8, 4) is 11.5 Å². The lowest BCUT2D eigenvalue weighted by Crippen LogP contribution is -2.10. The normalized spacial score (nSPS) is 16.1. The van der Waals surface area contributed by atoms with Crippen LogP contribution in [0.1, 0.15) is 5.56 Å². The van der Waals surface area contributed by atoms with Crippen molar-refractivity contribution in [1.82, 2.24) is 0 Å². The van der Waals surface area contributed by atoms with E-state index in [1.165, 1.54) is 18.9 Å². The van der Waals surface area contributed by atoms with Gasteiger partial charge in [0, 0.05) is 17.0 Å². The molecule has 0 fully saturated rings. The molecular weight excluding hydrogens is 426 g/mol. The maximum Gasteiger partial charge on any atom is 0.344 e. The number of nitrogens with zero attached hydrogens (tertiary/aromatic N) is 1. The smallest absolute Gasteiger partial charge is 0.344 e. The monoisotopic (exact) mass is 447 g/mol. The van der Waals surface area contributed by atoms with Crippen molar-refractivity contribution in [2.75, 3.05) is 21.3 Å². The fourth-order valence-electron chi connectivity index (χ4n) is 3.38. The lowest BCUT2D eigenvalue weighted by atomic mass is 10.1. The summed E-state index contributed by atoms with van der Waals surface area (Å²) < 4.78 is 15.6. The van der Waals surface area contributed by atoms with Crippen LogP contribution in [-0.2, 0) is 9.53 Å². The summed E-state index contributed by atoms with van der Waals surface area (Å²) in [6, 6.07) is 19.0. The fourth-order valence-corrected chi connectivity index (χ4v) is 4.40. The van der Waals surface area contributed by atoms with Crippen molar-refractivity contribution < 1.29 is 24.1 Å². The van der Waals surface area contributed by atoms with Gasteiger partial charge in [0.2, 0.25) is 0 Å². The molecule has 0 aromatic heterocycles. The first kappa shape index (κ1) is 21.5. The zero-order chi connectivity index (χ0) is 22.7. The molecule has 6 nitrogen and oxygen atoms in total. The molecule has 3 aromatic carbocycles. The number of methoxy groups -OCH3 is 3. The molecule has 32 heavy (non-hydrogen) atoms. The third-order valence-corrected chi connectivity index (χ3v) is 6.02. The molecule has 0 spiro atoms. The van der Waals surface area contributed by atoms with Crippen LogP contribution < -0.4 is 9.47 Å². The molecule has 0 aliphatic carbocycles. The minimum absolute atomic E-state index is 0.0316. The first-order chi connectivity index (χ1) is 15.5. The number of carbonyl (C=O) groups is 1. The SMILES string of the molecule is COC(=O)C1=C(O)C(=Cc2ccc(OC)cc2OC)SC1=Nc1cccc2ccccc12. The average Bonchev–Trinajstić information content (AvgIpc) is 3.13. The molecule has 1 heterocycles. The van der Waals surface area contributed by atoms with Gasteiger partial charge in [-0.05, 0) is 29.7 Å². The molecule has 0 atom stereocenters. The molecule has 0 radical (unpaired) electrons. The first-order valence-electron chi connectivity index (χ1n) is 9.76. The van der Waals surface area contributed by atoms with E-state index >= 15 is 0 Å². The minimum atomic E-state index is -0.654. The van der Waals surface area contributed by atoms with Crippen molar-refractivity contribution in [3.63, 3.8) is 0 Å². The largest absolute Gasteiger partial charge is 0.506 e. The highest BCUT2D eigenvalue weighted by Gasteiger charge is 2.33. The molecule has 7 heteroatoms. The Labute approximate surface area is 189 Å². The number of esters is 1. The zero-order valence-corrected chi connectivity index (χ0v) is 18.6. The van der Waals surface area contributed by atoms with Crippen LogP contribution >= 0.6 is 11.8 Å². The van der Waals surface area contributed by atoms with E-state index in [1.54, 1.807) is 32.4 Å². The highest BCUT2D eigenvalue weighted by Crippen LogP contribution is 2.42. The van der Waals surface area contributed by atoms with Crippen LogP contribution in [0.3, 0.4) is 0 Å². The topological polar surface area (TPSA) is 77.4 Å². The van der Waals surface area contributed by atoms with E-state index in [1.807, 2.05) is 48.5 Å². The summed E-state index contributed by atoms with van der Waals surface area (Å²) in [5.74, 6) is 0.387. The van der Waals surface area contributed by atoms with Crippen LogP contribution in [0.4, 0.5) is 5.69 Å². The van der Waals surface area contributed by atoms with Crippen molar-refractivity contribution in [1.29, 1.82) is 0 Å². The van der Waals surface area contributed by atoms with Gasteiger partial charge in [0.1, 0.15) is 27.9 Å². The Balaban J connectivity index is 1.82. The van der Waals surface area contributed by atoms with E-state index in [9.17, 15) is 9.90 Å². The van der Waals surface area contributed by atoms with Crippen molar-refractivity contribution in [2.45, 2.75) is 0 Å². The van der Waals surface area contributed by atoms with Gasteiger partial charge < -0.3 is 19.3 Å². The van der Waals surface area contributed by atoms with Gasteiger partial charge in [0.15, 0.2) is 0 Å². The Kier molecular flexibility index (Phi) is 6.18. The Morgan fingerprint density at radius 2 is 1.78 bits per heavy atom. The summed E-state index contributed by atoms with van der Waals surface area (Å²) in [6.45, 7) is 0. The number of aliphatic hydroxyl groups excluding tert-OH is 1. The summed E-state index contributed by atoms with van der Waals surface area (Å²) in [7, 11) is 4.41. The molecule has 1 aliphatic heterocycles. The highest BCUT2D eigenvalue weighted by molar-refractivity contribution is 8.18. The summed E-state index contributed by atoms with van der Waals surface area (Å²) in [4.78, 5) is 17.7. The van der Waals surface area contributed by atoms with Gasteiger partial charge in [-0.2, -0.15) is 0 Å². The fraction of sp³-hybridized carbons (Fsp3) is 0.120. The number of hydrogen-bond acceptors (Lipinski definition) is 7. The summed E-state index contributed by atoms with van der Waals surface area (Å²) in [6.07, 6.45) is 1.74. The Morgan fingerprint density at radius 1 is 1.00 bits per heavy atom. The lowest BCUT2D eigenvalue weighted by molar-refractivity contribution is -0.135. The minimum Gasteiger partial charge on any atom is -0.506 e. The molecule has 162 valence electrons. The number of benzene rings is 3. The van der Waals surface area contributed by atoms with Crippen LogP contribution in [0.5, 0.6) is 11.5 Å². The van der Waals surface area contributed by atoms with Gasteiger partial charge in [0.25, 0.3) is 0 Å². The van der Waals surface area contributed by atoms with Gasteiger partial charge >= 0.3 is 5.97 Å². The van der Waals surface area contributed by atoms with Gasteiger partial charge in [-0.25, -0.2) is 9.79 Å². The summed E-state index contributed by atoms with van der Waals surface area (Å²) in [5, 5.41) is 13.2. The number of aliphatic imine (C=N–C) groups is 1. The second kappa shape index (κ2) is 9.20. The molecular formula is C25H21NO5S. The van der Waals surface area contributed by atoms with Gasteiger partial charge in [-0.3, -0.25) is 0 Å². The first-order valence-corrected chi connectivity index (χ1v) is 10.6. The van der Waals surface area contributed by atoms with Crippen molar-refractivity contribution in [3.05, 3.63) is 82.5 Å². The van der Waals surface area contributed by atoms with Crippen LogP contribution in [0.25, 0.3) is 16.8 Å². The maximum absolute atomic E-state index is 12.5. The predicted octanol–water partition coefficient (Wildman–Crippen LogP) is 5.66. The van der Waals surface area contributed by atoms with Crippen LogP contribution in [0.15, 0.2) is 81.9 Å². The Morgan fingerprint density at radius 3 is 2.53 bits per heavy atom. The number of ether oxygens (including phenoxy) is 3. The quantitative estimate of drug-likeness (QED) is 0.509. The number of hydrogen-bond donors (Lipinski definition) is 1. The standard InChI is InChI=1S/C25H21NO5S/c1-29-17-12-11-16(20(14-17)30-2)13-21-23(27)22(25(28)31-3)24(32-21)26-19-10-6-8-15-7-4-5-9-18(15)19/h4-14,27H,1-3H3. The number of rotatable bonds is 5. The van der Waals surface area contributed by atoms with Crippen LogP contribution in [-0.4, -0.2) is 37.4 Å². The van der Waals surface area contributed by atoms with Crippen molar-refractivity contribution >= 4 is 45.3 Å². The predicted molar refractivity (Wildman–Crippen MR) is 128 cm³/mol. The number of fused-ring (bicyclic) bond motifs is 1. The Bertz CT molecular complexity index is 1290. The van der Waals surface area contributed by atoms with Gasteiger partial charge in [-0.15, -0.1) is 0 Å². The Hall–Kier alpha value is -3.71. The van der Waals surface area contributed by atoms with Gasteiger partial charge in [-0.1, -0.05) is 48.2 Å². The molecule has 1 aliphatic rings. The molecule has 0 amide bonds. The summed E-state index contributed by atoms with van der Waals surface area (Å²) in [5.41, 5.74) is 1.45.